The SMILES string of the molecule is C[C@H](NCc1c(F)cc(Cl)cc1Oc1ccc(-c2cnc(CN(C)C(=O)OC(C)(C)C)n2C)cc1)C(=O)N[C@@H](CO)C(=O)N(C)[C@@]1(Cc2ccc(Cl)cc2)CCCN(C(=O)[C@@H](CC(=O)O)CC(F)(F)F)C1. The second-order valence-corrected chi connectivity index (χ2v) is 19.6. The van der Waals surface area contributed by atoms with E-state index < -0.39 is 90.4 Å². The minimum Gasteiger partial charge on any atom is -0.481 e. The van der Waals surface area contributed by atoms with Gasteiger partial charge in [-0.2, -0.15) is 13.2 Å². The highest BCUT2D eigenvalue weighted by molar-refractivity contribution is 6.31. The van der Waals surface area contributed by atoms with Gasteiger partial charge in [0, 0.05) is 61.9 Å². The summed E-state index contributed by atoms with van der Waals surface area (Å²) in [5.41, 5.74) is 0.224. The number of likely N-dealkylation sites (N-methyl/N-ethyl adjacent to an activating group) is 1. The fraction of sp³-hybridized carbons (Fsp3) is 0.469. The summed E-state index contributed by atoms with van der Waals surface area (Å²) in [6.07, 6.45) is -5.81. The van der Waals surface area contributed by atoms with Crippen LogP contribution in [0, 0.1) is 11.7 Å². The summed E-state index contributed by atoms with van der Waals surface area (Å²) in [5.74, 6) is -5.83. The third-order valence-electron chi connectivity index (χ3n) is 12.0. The molecule has 71 heavy (non-hydrogen) atoms. The van der Waals surface area contributed by atoms with Crippen molar-refractivity contribution >= 4 is 53.0 Å². The summed E-state index contributed by atoms with van der Waals surface area (Å²) in [6.45, 7) is 5.57. The fourth-order valence-electron chi connectivity index (χ4n) is 8.25. The van der Waals surface area contributed by atoms with Gasteiger partial charge < -0.3 is 49.6 Å². The molecule has 0 bridgehead atoms. The van der Waals surface area contributed by atoms with Crippen molar-refractivity contribution in [3.8, 4) is 22.8 Å². The van der Waals surface area contributed by atoms with Crippen LogP contribution in [0.4, 0.5) is 22.4 Å². The summed E-state index contributed by atoms with van der Waals surface area (Å²) in [5, 5.41) is 25.8. The number of nitrogens with one attached hydrogen (secondary N) is 2. The van der Waals surface area contributed by atoms with E-state index in [9.17, 15) is 47.4 Å². The Morgan fingerprint density at radius 2 is 1.65 bits per heavy atom. The summed E-state index contributed by atoms with van der Waals surface area (Å²) >= 11 is 12.4. The van der Waals surface area contributed by atoms with Gasteiger partial charge >= 0.3 is 18.2 Å². The number of alkyl halides is 3. The lowest BCUT2D eigenvalue weighted by molar-refractivity contribution is -0.166. The van der Waals surface area contributed by atoms with E-state index in [4.69, 9.17) is 32.7 Å². The maximum absolute atomic E-state index is 15.6. The number of piperidine rings is 1. The molecule has 22 heteroatoms. The van der Waals surface area contributed by atoms with E-state index in [1.54, 1.807) is 82.5 Å². The first-order valence-electron chi connectivity index (χ1n) is 22.6. The molecule has 3 aromatic carbocycles. The molecule has 4 aromatic rings. The lowest BCUT2D eigenvalue weighted by Crippen LogP contribution is -2.65. The van der Waals surface area contributed by atoms with Gasteiger partial charge in [-0.1, -0.05) is 35.3 Å². The number of halogens is 6. The smallest absolute Gasteiger partial charge is 0.410 e. The summed E-state index contributed by atoms with van der Waals surface area (Å²) in [4.78, 5) is 74.0. The quantitative estimate of drug-likeness (QED) is 0.0671. The standard InChI is InChI=1S/C49H59Cl2F4N7O9/c1-29(56-24-36-37(52)20-34(51)21-40(36)70-35-15-11-31(12-16-35)39-25-57-41(60(39)6)26-59(5)46(69)71-47(2,3)4)43(66)58-38(27-63)45(68)61(7)48(22-30-9-13-33(50)14-10-30)17-8-18-62(28-48)44(67)32(19-42(64)65)23-49(53,54)55/h9-16,20-21,25,29,32,38,56,63H,8,17-19,22-24,26-28H2,1-7H3,(H,58,66)(H,64,65)/t29-,32-,38-,48+/m0/s1. The molecule has 0 saturated carbocycles. The number of amides is 4. The highest BCUT2D eigenvalue weighted by Gasteiger charge is 2.46. The molecule has 1 fully saturated rings. The van der Waals surface area contributed by atoms with Crippen LogP contribution in [-0.4, -0.2) is 127 Å². The molecule has 1 aliphatic heterocycles. The van der Waals surface area contributed by atoms with Gasteiger partial charge in [0.15, 0.2) is 0 Å². The van der Waals surface area contributed by atoms with Crippen LogP contribution < -0.4 is 15.4 Å². The molecule has 1 saturated heterocycles. The van der Waals surface area contributed by atoms with Crippen LogP contribution in [0.2, 0.25) is 10.0 Å². The van der Waals surface area contributed by atoms with Crippen molar-refractivity contribution in [2.24, 2.45) is 13.0 Å². The van der Waals surface area contributed by atoms with Crippen LogP contribution in [0.1, 0.15) is 70.3 Å². The zero-order chi connectivity index (χ0) is 52.6. The molecule has 0 unspecified atom stereocenters. The number of rotatable bonds is 19. The van der Waals surface area contributed by atoms with Crippen molar-refractivity contribution in [2.75, 3.05) is 33.8 Å². The third kappa shape index (κ3) is 15.3. The number of hydrogen-bond acceptors (Lipinski definition) is 10. The Kier molecular flexibility index (Phi) is 18.5. The zero-order valence-electron chi connectivity index (χ0n) is 40.4. The number of aromatic nitrogens is 2. The molecular weight excluding hydrogens is 977 g/mol. The van der Waals surface area contributed by atoms with E-state index in [2.05, 4.69) is 15.6 Å². The molecule has 0 radical (unpaired) electrons. The van der Waals surface area contributed by atoms with Crippen LogP contribution in [0.3, 0.4) is 0 Å². The Morgan fingerprint density at radius 1 is 0.986 bits per heavy atom. The maximum atomic E-state index is 15.6. The van der Waals surface area contributed by atoms with Crippen molar-refractivity contribution in [2.45, 2.75) is 102 Å². The van der Waals surface area contributed by atoms with Gasteiger partial charge in [0.1, 0.15) is 34.8 Å². The van der Waals surface area contributed by atoms with Crippen molar-refractivity contribution < 1.29 is 61.2 Å². The highest BCUT2D eigenvalue weighted by atomic mass is 35.5. The molecule has 2 heterocycles. The molecule has 1 aliphatic rings. The Hall–Kier alpha value is -5.96. The topological polar surface area (TPSA) is 196 Å². The first-order chi connectivity index (χ1) is 33.2. The summed E-state index contributed by atoms with van der Waals surface area (Å²) in [7, 11) is 4.83. The normalized spacial score (nSPS) is 16.4. The molecule has 386 valence electrons. The lowest BCUT2D eigenvalue weighted by atomic mass is 9.80. The number of carbonyl (C=O) groups excluding carboxylic acids is 4. The van der Waals surface area contributed by atoms with Gasteiger partial charge in [-0.05, 0) is 101 Å². The number of carboxylic acids is 1. The Labute approximate surface area is 419 Å². The van der Waals surface area contributed by atoms with E-state index in [1.165, 1.54) is 29.8 Å². The van der Waals surface area contributed by atoms with Crippen molar-refractivity contribution in [1.82, 2.24) is 34.9 Å². The van der Waals surface area contributed by atoms with E-state index in [1.807, 2.05) is 11.6 Å². The number of aliphatic hydroxyl groups is 1. The third-order valence-corrected chi connectivity index (χ3v) is 12.5. The number of carboxylic acid groups (broad SMARTS) is 1. The van der Waals surface area contributed by atoms with Gasteiger partial charge in [-0.15, -0.1) is 0 Å². The molecule has 4 amide bonds. The second kappa shape index (κ2) is 23.5. The number of ether oxygens (including phenoxy) is 2. The second-order valence-electron chi connectivity index (χ2n) is 18.7. The number of aliphatic hydroxyl groups excluding tert-OH is 1. The lowest BCUT2D eigenvalue weighted by Gasteiger charge is -2.49. The Morgan fingerprint density at radius 3 is 2.25 bits per heavy atom. The minimum absolute atomic E-state index is 0.000130. The van der Waals surface area contributed by atoms with Gasteiger partial charge in [-0.3, -0.25) is 19.2 Å². The Balaban J connectivity index is 1.27. The van der Waals surface area contributed by atoms with E-state index >= 15 is 4.39 Å². The van der Waals surface area contributed by atoms with Crippen LogP contribution in [0.15, 0.2) is 66.9 Å². The number of aliphatic carboxylic acids is 1. The molecule has 4 atom stereocenters. The van der Waals surface area contributed by atoms with Crippen LogP contribution in [0.25, 0.3) is 11.3 Å². The molecule has 1 aromatic heterocycles. The van der Waals surface area contributed by atoms with Crippen molar-refractivity contribution in [3.63, 3.8) is 0 Å². The summed E-state index contributed by atoms with van der Waals surface area (Å²) in [6, 6.07) is 13.3. The molecule has 0 aliphatic carbocycles. The first-order valence-corrected chi connectivity index (χ1v) is 23.4. The van der Waals surface area contributed by atoms with E-state index in [0.717, 1.165) is 22.2 Å². The van der Waals surface area contributed by atoms with Gasteiger partial charge in [0.2, 0.25) is 17.7 Å². The molecule has 16 nitrogen and oxygen atoms in total. The van der Waals surface area contributed by atoms with Crippen molar-refractivity contribution in [3.05, 3.63) is 99.7 Å². The minimum atomic E-state index is -4.83. The van der Waals surface area contributed by atoms with Crippen LogP contribution in [0.5, 0.6) is 11.5 Å². The number of likely N-dealkylation sites (tertiary alicyclic amines) is 1. The number of carbonyl (C=O) groups is 5. The van der Waals surface area contributed by atoms with Gasteiger partial charge in [0.05, 0.1) is 55.4 Å². The number of nitrogens with zero attached hydrogens (tertiary/aromatic N) is 5. The number of imidazole rings is 1. The number of hydrogen-bond donors (Lipinski definition) is 4. The van der Waals surface area contributed by atoms with Crippen LogP contribution in [-0.2, 0) is 50.5 Å². The highest BCUT2D eigenvalue weighted by Crippen LogP contribution is 2.36. The molecule has 4 N–H and O–H groups in total. The summed E-state index contributed by atoms with van der Waals surface area (Å²) < 4.78 is 69.6. The largest absolute Gasteiger partial charge is 0.481 e. The number of benzene rings is 3. The van der Waals surface area contributed by atoms with Crippen LogP contribution >= 0.6 is 23.2 Å². The van der Waals surface area contributed by atoms with Crippen molar-refractivity contribution in [1.29, 1.82) is 0 Å². The molecule has 5 rings (SSSR count). The molecular formula is C49H59Cl2F4N7O9. The predicted octanol–water partition coefficient (Wildman–Crippen LogP) is 7.75. The fourth-order valence-corrected chi connectivity index (χ4v) is 8.58. The molecule has 0 spiro atoms. The average molecular weight is 1040 g/mol. The monoisotopic (exact) mass is 1040 g/mol. The van der Waals surface area contributed by atoms with Gasteiger partial charge in [-0.25, -0.2) is 14.2 Å². The first kappa shape index (κ1) is 56.0. The maximum Gasteiger partial charge on any atom is 0.410 e. The average Bonchev–Trinajstić information content (AvgIpc) is 3.65. The zero-order valence-corrected chi connectivity index (χ0v) is 41.9. The van der Waals surface area contributed by atoms with Gasteiger partial charge in [0.25, 0.3) is 0 Å². The Bertz CT molecular complexity index is 2540. The predicted molar refractivity (Wildman–Crippen MR) is 256 cm³/mol. The van der Waals surface area contributed by atoms with E-state index in [-0.39, 0.29) is 61.8 Å². The van der Waals surface area contributed by atoms with E-state index in [0.29, 0.717) is 22.2 Å².